The van der Waals surface area contributed by atoms with Gasteiger partial charge in [-0.2, -0.15) is 11.3 Å². The lowest BCUT2D eigenvalue weighted by Gasteiger charge is -2.36. The second-order valence-electron chi connectivity index (χ2n) is 5.56. The monoisotopic (exact) mass is 347 g/mol. The quantitative estimate of drug-likeness (QED) is 0.857. The summed E-state index contributed by atoms with van der Waals surface area (Å²) in [6.45, 7) is 5.03. The molecule has 1 aromatic carbocycles. The first-order valence-electron chi connectivity index (χ1n) is 7.68. The Bertz CT molecular complexity index is 637. The summed E-state index contributed by atoms with van der Waals surface area (Å²) >= 11 is 7.31. The molecule has 4 nitrogen and oxygen atoms in total. The average molecular weight is 348 g/mol. The molecule has 1 saturated heterocycles. The first-order chi connectivity index (χ1) is 11.2. The lowest BCUT2D eigenvalue weighted by atomic mass is 10.2. The van der Waals surface area contributed by atoms with Gasteiger partial charge in [-0.05, 0) is 46.7 Å². The van der Waals surface area contributed by atoms with Crippen LogP contribution < -0.4 is 10.1 Å². The molecule has 0 spiro atoms. The summed E-state index contributed by atoms with van der Waals surface area (Å²) in [5.41, 5.74) is 2.37. The highest BCUT2D eigenvalue weighted by atomic mass is 32.1. The van der Waals surface area contributed by atoms with Gasteiger partial charge < -0.3 is 15.0 Å². The number of rotatable bonds is 4. The Balaban J connectivity index is 1.49. The first kappa shape index (κ1) is 16.2. The molecule has 0 radical (unpaired) electrons. The molecular weight excluding hydrogens is 326 g/mol. The molecule has 1 aromatic heterocycles. The zero-order valence-electron chi connectivity index (χ0n) is 13.2. The fourth-order valence-electron chi connectivity index (χ4n) is 2.65. The fraction of sp³-hybridized carbons (Fsp3) is 0.353. The summed E-state index contributed by atoms with van der Waals surface area (Å²) in [7, 11) is 1.67. The molecule has 0 bridgehead atoms. The maximum Gasteiger partial charge on any atom is 0.173 e. The summed E-state index contributed by atoms with van der Waals surface area (Å²) in [4.78, 5) is 4.71. The van der Waals surface area contributed by atoms with Crippen molar-refractivity contribution in [2.45, 2.75) is 6.54 Å². The third-order valence-electron chi connectivity index (χ3n) is 3.97. The topological polar surface area (TPSA) is 27.7 Å². The Hall–Kier alpha value is -1.63. The molecule has 1 aliphatic rings. The van der Waals surface area contributed by atoms with Gasteiger partial charge >= 0.3 is 0 Å². The van der Waals surface area contributed by atoms with E-state index in [9.17, 15) is 0 Å². The summed E-state index contributed by atoms with van der Waals surface area (Å²) in [6, 6.07) is 10.0. The number of benzene rings is 1. The molecule has 0 unspecified atom stereocenters. The van der Waals surface area contributed by atoms with E-state index in [4.69, 9.17) is 17.0 Å². The predicted molar refractivity (Wildman–Crippen MR) is 100 cm³/mol. The number of piperazine rings is 1. The van der Waals surface area contributed by atoms with E-state index < -0.39 is 0 Å². The number of thiocarbonyl (C=S) groups is 1. The van der Waals surface area contributed by atoms with Crippen LogP contribution >= 0.6 is 23.6 Å². The number of ether oxygens (including phenoxy) is 1. The lowest BCUT2D eigenvalue weighted by Crippen LogP contribution is -2.49. The van der Waals surface area contributed by atoms with Crippen molar-refractivity contribution >= 4 is 34.4 Å². The molecule has 0 saturated carbocycles. The van der Waals surface area contributed by atoms with Crippen molar-refractivity contribution in [1.29, 1.82) is 0 Å². The Labute approximate surface area is 146 Å². The normalized spacial score (nSPS) is 15.4. The van der Waals surface area contributed by atoms with Gasteiger partial charge in [0, 0.05) is 44.5 Å². The molecule has 1 fully saturated rings. The SMILES string of the molecule is COc1cccc(NC(=S)N2CCN(Cc3ccsc3)CC2)c1. The van der Waals surface area contributed by atoms with Crippen LogP contribution in [0, 0.1) is 0 Å². The maximum atomic E-state index is 5.55. The van der Waals surface area contributed by atoms with Gasteiger partial charge in [-0.3, -0.25) is 4.90 Å². The standard InChI is InChI=1S/C17H21N3OS2/c1-21-16-4-2-3-15(11-16)18-17(22)20-8-6-19(7-9-20)12-14-5-10-23-13-14/h2-5,10-11,13H,6-9,12H2,1H3,(H,18,22). The highest BCUT2D eigenvalue weighted by Crippen LogP contribution is 2.18. The maximum absolute atomic E-state index is 5.55. The Morgan fingerprint density at radius 3 is 2.78 bits per heavy atom. The minimum absolute atomic E-state index is 0.786. The molecule has 0 atom stereocenters. The number of hydrogen-bond acceptors (Lipinski definition) is 4. The van der Waals surface area contributed by atoms with Crippen molar-refractivity contribution in [3.05, 3.63) is 46.7 Å². The van der Waals surface area contributed by atoms with E-state index in [0.29, 0.717) is 0 Å². The molecule has 23 heavy (non-hydrogen) atoms. The second kappa shape index (κ2) is 7.77. The number of anilines is 1. The van der Waals surface area contributed by atoms with Gasteiger partial charge in [-0.15, -0.1) is 0 Å². The van der Waals surface area contributed by atoms with Crippen LogP contribution in [0.15, 0.2) is 41.1 Å². The van der Waals surface area contributed by atoms with E-state index in [2.05, 4.69) is 31.9 Å². The number of methoxy groups -OCH3 is 1. The van der Waals surface area contributed by atoms with Crippen molar-refractivity contribution in [2.75, 3.05) is 38.6 Å². The van der Waals surface area contributed by atoms with E-state index in [1.807, 2.05) is 24.3 Å². The minimum atomic E-state index is 0.786. The van der Waals surface area contributed by atoms with Gasteiger partial charge in [0.25, 0.3) is 0 Å². The predicted octanol–water partition coefficient (Wildman–Crippen LogP) is 3.27. The van der Waals surface area contributed by atoms with Crippen molar-refractivity contribution < 1.29 is 4.74 Å². The van der Waals surface area contributed by atoms with E-state index >= 15 is 0 Å². The molecule has 6 heteroatoms. The van der Waals surface area contributed by atoms with E-state index in [0.717, 1.165) is 49.3 Å². The summed E-state index contributed by atoms with van der Waals surface area (Å²) in [6.07, 6.45) is 0. The molecule has 3 rings (SSSR count). The molecule has 0 amide bonds. The van der Waals surface area contributed by atoms with Gasteiger partial charge in [0.15, 0.2) is 5.11 Å². The fourth-order valence-corrected chi connectivity index (χ4v) is 3.61. The molecule has 0 aliphatic carbocycles. The van der Waals surface area contributed by atoms with Crippen molar-refractivity contribution in [3.8, 4) is 5.75 Å². The highest BCUT2D eigenvalue weighted by Gasteiger charge is 2.19. The van der Waals surface area contributed by atoms with Crippen LogP contribution in [0.4, 0.5) is 5.69 Å². The number of nitrogens with one attached hydrogen (secondary N) is 1. The Morgan fingerprint density at radius 2 is 2.09 bits per heavy atom. The summed E-state index contributed by atoms with van der Waals surface area (Å²) in [5.74, 6) is 0.832. The number of hydrogen-bond donors (Lipinski definition) is 1. The largest absolute Gasteiger partial charge is 0.497 e. The molecular formula is C17H21N3OS2. The van der Waals surface area contributed by atoms with Gasteiger partial charge in [0.2, 0.25) is 0 Å². The minimum Gasteiger partial charge on any atom is -0.497 e. The Kier molecular flexibility index (Phi) is 5.48. The first-order valence-corrected chi connectivity index (χ1v) is 9.03. The van der Waals surface area contributed by atoms with Crippen molar-refractivity contribution in [3.63, 3.8) is 0 Å². The van der Waals surface area contributed by atoms with Crippen LogP contribution in [-0.2, 0) is 6.54 Å². The van der Waals surface area contributed by atoms with Crippen LogP contribution in [0.2, 0.25) is 0 Å². The molecule has 2 heterocycles. The Morgan fingerprint density at radius 1 is 1.26 bits per heavy atom. The van der Waals surface area contributed by atoms with Crippen molar-refractivity contribution in [1.82, 2.24) is 9.80 Å². The van der Waals surface area contributed by atoms with Crippen LogP contribution in [0.5, 0.6) is 5.75 Å². The van der Waals surface area contributed by atoms with Crippen LogP contribution in [0.3, 0.4) is 0 Å². The number of nitrogens with zero attached hydrogens (tertiary/aromatic N) is 2. The summed E-state index contributed by atoms with van der Waals surface area (Å²) in [5, 5.41) is 8.45. The van der Waals surface area contributed by atoms with Crippen LogP contribution in [0.25, 0.3) is 0 Å². The van der Waals surface area contributed by atoms with Gasteiger partial charge in [0.1, 0.15) is 5.75 Å². The zero-order chi connectivity index (χ0) is 16.1. The van der Waals surface area contributed by atoms with Gasteiger partial charge in [-0.25, -0.2) is 0 Å². The van der Waals surface area contributed by atoms with E-state index in [-0.39, 0.29) is 0 Å². The third-order valence-corrected chi connectivity index (χ3v) is 5.06. The van der Waals surface area contributed by atoms with Gasteiger partial charge in [-0.1, -0.05) is 6.07 Å². The third kappa shape index (κ3) is 4.43. The van der Waals surface area contributed by atoms with Crippen LogP contribution in [-0.4, -0.2) is 48.2 Å². The number of thiophene rings is 1. The van der Waals surface area contributed by atoms with E-state index in [1.54, 1.807) is 18.4 Å². The molecule has 1 N–H and O–H groups in total. The lowest BCUT2D eigenvalue weighted by molar-refractivity contribution is 0.177. The smallest absolute Gasteiger partial charge is 0.173 e. The average Bonchev–Trinajstić information content (AvgIpc) is 3.08. The molecule has 1 aliphatic heterocycles. The van der Waals surface area contributed by atoms with E-state index in [1.165, 1.54) is 5.56 Å². The highest BCUT2D eigenvalue weighted by molar-refractivity contribution is 7.80. The zero-order valence-corrected chi connectivity index (χ0v) is 14.8. The summed E-state index contributed by atoms with van der Waals surface area (Å²) < 4.78 is 5.24. The van der Waals surface area contributed by atoms with Gasteiger partial charge in [0.05, 0.1) is 7.11 Å². The van der Waals surface area contributed by atoms with Crippen molar-refractivity contribution in [2.24, 2.45) is 0 Å². The van der Waals surface area contributed by atoms with Crippen LogP contribution in [0.1, 0.15) is 5.56 Å². The molecule has 2 aromatic rings. The molecule has 122 valence electrons. The second-order valence-corrected chi connectivity index (χ2v) is 6.72.